The number of carboxylic acid groups (broad SMARTS) is 1. The number of aliphatic carboxylic acids is 1. The Hall–Kier alpha value is -3.23. The minimum absolute atomic E-state index is 0.0289. The minimum Gasteiger partial charge on any atom is -0.481 e. The van der Waals surface area contributed by atoms with Gasteiger partial charge in [-0.3, -0.25) is 14.2 Å². The number of nitrogens with zero attached hydrogens (tertiary/aromatic N) is 3. The van der Waals surface area contributed by atoms with Crippen LogP contribution < -0.4 is 5.32 Å². The third kappa shape index (κ3) is 5.13. The molecular formula is C16H18N4O5. The second-order valence-corrected chi connectivity index (χ2v) is 5.56. The van der Waals surface area contributed by atoms with Crippen LogP contribution in [-0.2, 0) is 22.6 Å². The molecule has 1 amide bonds. The molecule has 2 aromatic rings. The van der Waals surface area contributed by atoms with Gasteiger partial charge in [0.2, 0.25) is 11.7 Å². The van der Waals surface area contributed by atoms with Gasteiger partial charge in [0.1, 0.15) is 12.7 Å². The highest BCUT2D eigenvalue weighted by atomic mass is 16.6. The van der Waals surface area contributed by atoms with Gasteiger partial charge < -0.3 is 20.5 Å². The molecule has 0 spiro atoms. The van der Waals surface area contributed by atoms with E-state index in [1.807, 2.05) is 30.3 Å². The van der Waals surface area contributed by atoms with Crippen LogP contribution in [0.3, 0.4) is 0 Å². The summed E-state index contributed by atoms with van der Waals surface area (Å²) < 4.78 is 1.35. The molecule has 0 saturated carbocycles. The quantitative estimate of drug-likeness (QED) is 0.545. The standard InChI is InChI=1S/C16H18N4O5/c1-11-18-14(20(24)25)9-19(11)10-15(21)17-8-13(16(22)23)7-12-5-3-2-4-6-12/h2-6,9,13H,7-8,10H2,1H3,(H,17,21)(H,22,23). The normalized spacial score (nSPS) is 11.7. The van der Waals surface area contributed by atoms with E-state index in [9.17, 15) is 24.8 Å². The zero-order valence-corrected chi connectivity index (χ0v) is 13.6. The van der Waals surface area contributed by atoms with E-state index in [0.29, 0.717) is 12.2 Å². The molecule has 0 aliphatic carbocycles. The van der Waals surface area contributed by atoms with Gasteiger partial charge in [-0.1, -0.05) is 30.3 Å². The van der Waals surface area contributed by atoms with E-state index < -0.39 is 22.7 Å². The predicted octanol–water partition coefficient (Wildman–Crippen LogP) is 1.16. The smallest absolute Gasteiger partial charge is 0.381 e. The molecule has 1 aromatic heterocycles. The van der Waals surface area contributed by atoms with E-state index in [-0.39, 0.29) is 18.9 Å². The highest BCUT2D eigenvalue weighted by Crippen LogP contribution is 2.11. The zero-order valence-electron chi connectivity index (χ0n) is 13.6. The summed E-state index contributed by atoms with van der Waals surface area (Å²) in [7, 11) is 0. The summed E-state index contributed by atoms with van der Waals surface area (Å²) in [6, 6.07) is 9.13. The van der Waals surface area contributed by atoms with Crippen molar-refractivity contribution in [2.45, 2.75) is 19.9 Å². The summed E-state index contributed by atoms with van der Waals surface area (Å²) in [6.07, 6.45) is 1.47. The number of hydrogen-bond donors (Lipinski definition) is 2. The molecule has 0 aliphatic heterocycles. The fraction of sp³-hybridized carbons (Fsp3) is 0.312. The van der Waals surface area contributed by atoms with Crippen LogP contribution in [0.15, 0.2) is 36.5 Å². The van der Waals surface area contributed by atoms with Crippen LogP contribution in [0.1, 0.15) is 11.4 Å². The summed E-state index contributed by atoms with van der Waals surface area (Å²) in [6.45, 7) is 1.36. The molecule has 25 heavy (non-hydrogen) atoms. The Morgan fingerprint density at radius 1 is 1.36 bits per heavy atom. The summed E-state index contributed by atoms with van der Waals surface area (Å²) in [5.41, 5.74) is 0.866. The van der Waals surface area contributed by atoms with Gasteiger partial charge in [-0.25, -0.2) is 0 Å². The molecule has 0 bridgehead atoms. The fourth-order valence-electron chi connectivity index (χ4n) is 2.33. The second-order valence-electron chi connectivity index (χ2n) is 5.56. The Balaban J connectivity index is 1.93. The number of nitro groups is 1. The summed E-state index contributed by atoms with van der Waals surface area (Å²) in [4.78, 5) is 37.1. The Labute approximate surface area is 143 Å². The first-order valence-corrected chi connectivity index (χ1v) is 7.58. The molecule has 1 atom stereocenters. The van der Waals surface area contributed by atoms with Crippen LogP contribution in [0.5, 0.6) is 0 Å². The van der Waals surface area contributed by atoms with E-state index in [1.165, 1.54) is 10.8 Å². The molecule has 0 saturated heterocycles. The van der Waals surface area contributed by atoms with Gasteiger partial charge in [0.25, 0.3) is 0 Å². The highest BCUT2D eigenvalue weighted by Gasteiger charge is 2.20. The Kier molecular flexibility index (Phi) is 5.83. The van der Waals surface area contributed by atoms with E-state index in [1.54, 1.807) is 6.92 Å². The van der Waals surface area contributed by atoms with Crippen LogP contribution in [0.25, 0.3) is 0 Å². The van der Waals surface area contributed by atoms with Crippen molar-refractivity contribution in [3.8, 4) is 0 Å². The van der Waals surface area contributed by atoms with Crippen molar-refractivity contribution in [1.29, 1.82) is 0 Å². The lowest BCUT2D eigenvalue weighted by Gasteiger charge is -2.13. The van der Waals surface area contributed by atoms with Gasteiger partial charge >= 0.3 is 11.8 Å². The first kappa shape index (κ1) is 18.1. The van der Waals surface area contributed by atoms with Gasteiger partial charge in [0, 0.05) is 13.5 Å². The average molecular weight is 346 g/mol. The lowest BCUT2D eigenvalue weighted by atomic mass is 9.99. The van der Waals surface area contributed by atoms with E-state index in [4.69, 9.17) is 0 Å². The molecule has 9 heteroatoms. The number of imidazole rings is 1. The number of carbonyl (C=O) groups excluding carboxylic acids is 1. The number of aryl methyl sites for hydroxylation is 1. The summed E-state index contributed by atoms with van der Waals surface area (Å²) in [5.74, 6) is -2.20. The molecule has 0 fully saturated rings. The average Bonchev–Trinajstić information content (AvgIpc) is 2.93. The van der Waals surface area contributed by atoms with Gasteiger partial charge in [-0.05, 0) is 21.9 Å². The Morgan fingerprint density at radius 2 is 2.04 bits per heavy atom. The van der Waals surface area contributed by atoms with Crippen LogP contribution in [-0.4, -0.2) is 38.0 Å². The maximum absolute atomic E-state index is 12.0. The third-order valence-electron chi connectivity index (χ3n) is 3.68. The van der Waals surface area contributed by atoms with Crippen LogP contribution in [0, 0.1) is 23.0 Å². The number of amides is 1. The van der Waals surface area contributed by atoms with E-state index in [2.05, 4.69) is 10.3 Å². The maximum Gasteiger partial charge on any atom is 0.381 e. The molecule has 2 N–H and O–H groups in total. The number of carboxylic acids is 1. The lowest BCUT2D eigenvalue weighted by molar-refractivity contribution is -0.389. The first-order chi connectivity index (χ1) is 11.9. The molecule has 1 heterocycles. The summed E-state index contributed by atoms with van der Waals surface area (Å²) in [5, 5.41) is 22.5. The van der Waals surface area contributed by atoms with Crippen molar-refractivity contribution < 1.29 is 19.6 Å². The zero-order chi connectivity index (χ0) is 18.4. The first-order valence-electron chi connectivity index (χ1n) is 7.58. The second kappa shape index (κ2) is 8.04. The number of carbonyl (C=O) groups is 2. The number of benzene rings is 1. The third-order valence-corrected chi connectivity index (χ3v) is 3.68. The SMILES string of the molecule is Cc1nc([N+](=O)[O-])cn1CC(=O)NCC(Cc1ccccc1)C(=O)O. The van der Waals surface area contributed by atoms with Crippen molar-refractivity contribution in [3.05, 3.63) is 58.0 Å². The van der Waals surface area contributed by atoms with Gasteiger partial charge in [0.05, 0.1) is 5.92 Å². The molecule has 132 valence electrons. The molecule has 1 aromatic carbocycles. The van der Waals surface area contributed by atoms with Crippen LogP contribution in [0.4, 0.5) is 5.82 Å². The molecule has 0 aliphatic rings. The molecule has 0 radical (unpaired) electrons. The molecule has 1 unspecified atom stereocenters. The van der Waals surface area contributed by atoms with Gasteiger partial charge in [-0.15, -0.1) is 0 Å². The molecule has 9 nitrogen and oxygen atoms in total. The molecule has 2 rings (SSSR count). The highest BCUT2D eigenvalue weighted by molar-refractivity contribution is 5.77. The Bertz CT molecular complexity index is 772. The topological polar surface area (TPSA) is 127 Å². The van der Waals surface area contributed by atoms with Gasteiger partial charge in [0.15, 0.2) is 0 Å². The van der Waals surface area contributed by atoms with Crippen LogP contribution >= 0.6 is 0 Å². The number of hydrogen-bond acceptors (Lipinski definition) is 5. The van der Waals surface area contributed by atoms with E-state index in [0.717, 1.165) is 5.56 Å². The number of aromatic nitrogens is 2. The monoisotopic (exact) mass is 346 g/mol. The van der Waals surface area contributed by atoms with Crippen molar-refractivity contribution >= 4 is 17.7 Å². The van der Waals surface area contributed by atoms with Crippen molar-refractivity contribution in [2.75, 3.05) is 6.54 Å². The Morgan fingerprint density at radius 3 is 2.60 bits per heavy atom. The molecular weight excluding hydrogens is 328 g/mol. The predicted molar refractivity (Wildman–Crippen MR) is 87.9 cm³/mol. The van der Waals surface area contributed by atoms with Crippen molar-refractivity contribution in [3.63, 3.8) is 0 Å². The van der Waals surface area contributed by atoms with Crippen molar-refractivity contribution in [1.82, 2.24) is 14.9 Å². The summed E-state index contributed by atoms with van der Waals surface area (Å²) >= 11 is 0. The van der Waals surface area contributed by atoms with Crippen LogP contribution in [0.2, 0.25) is 0 Å². The lowest BCUT2D eigenvalue weighted by Crippen LogP contribution is -2.36. The largest absolute Gasteiger partial charge is 0.481 e. The number of nitrogens with one attached hydrogen (secondary N) is 1. The maximum atomic E-state index is 12.0. The van der Waals surface area contributed by atoms with Crippen molar-refractivity contribution in [2.24, 2.45) is 5.92 Å². The van der Waals surface area contributed by atoms with E-state index >= 15 is 0 Å². The minimum atomic E-state index is -1.00. The van der Waals surface area contributed by atoms with Gasteiger partial charge in [-0.2, -0.15) is 0 Å². The number of rotatable bonds is 8. The fourth-order valence-corrected chi connectivity index (χ4v) is 2.33.